The van der Waals surface area contributed by atoms with Gasteiger partial charge in [-0.2, -0.15) is 0 Å². The summed E-state index contributed by atoms with van der Waals surface area (Å²) in [7, 11) is 2.63. The second-order valence-corrected chi connectivity index (χ2v) is 5.20. The fraction of sp³-hybridized carbons (Fsp3) is 0.467. The van der Waals surface area contributed by atoms with E-state index in [4.69, 9.17) is 25.8 Å². The summed E-state index contributed by atoms with van der Waals surface area (Å²) in [6.07, 6.45) is -1.26. The molecule has 128 valence electrons. The van der Waals surface area contributed by atoms with Gasteiger partial charge >= 0.3 is 11.9 Å². The summed E-state index contributed by atoms with van der Waals surface area (Å²) in [6.45, 7) is 0.546. The lowest BCUT2D eigenvalue weighted by atomic mass is 10.2. The fourth-order valence-corrected chi connectivity index (χ4v) is 1.94. The number of esters is 2. The lowest BCUT2D eigenvalue weighted by molar-refractivity contribution is -0.183. The standard InChI is InChI=1S/C15H19ClFNO5/c1-10(19)23-13(18-2)8-15(17,21-3)9-22-14(20)11-5-4-6-12(16)7-11/h4-7,13,18H,8-9H2,1-3H3. The van der Waals surface area contributed by atoms with E-state index in [-0.39, 0.29) is 12.0 Å². The van der Waals surface area contributed by atoms with E-state index in [1.165, 1.54) is 26.1 Å². The molecule has 0 saturated heterocycles. The van der Waals surface area contributed by atoms with Crippen LogP contribution in [0.1, 0.15) is 23.7 Å². The predicted molar refractivity (Wildman–Crippen MR) is 81.8 cm³/mol. The fourth-order valence-electron chi connectivity index (χ4n) is 1.75. The first-order chi connectivity index (χ1) is 10.8. The quantitative estimate of drug-likeness (QED) is 0.574. The number of alkyl halides is 1. The molecule has 1 aromatic rings. The topological polar surface area (TPSA) is 73.9 Å². The highest BCUT2D eigenvalue weighted by Crippen LogP contribution is 2.22. The zero-order valence-corrected chi connectivity index (χ0v) is 13.9. The average Bonchev–Trinajstić information content (AvgIpc) is 2.51. The smallest absolute Gasteiger partial charge is 0.338 e. The van der Waals surface area contributed by atoms with Gasteiger partial charge in [-0.05, 0) is 25.2 Å². The van der Waals surface area contributed by atoms with Crippen LogP contribution >= 0.6 is 11.6 Å². The molecule has 8 heteroatoms. The van der Waals surface area contributed by atoms with E-state index < -0.39 is 30.6 Å². The lowest BCUT2D eigenvalue weighted by Crippen LogP contribution is -2.42. The van der Waals surface area contributed by atoms with Crippen LogP contribution in [-0.2, 0) is 19.0 Å². The van der Waals surface area contributed by atoms with Gasteiger partial charge in [0.2, 0.25) is 5.85 Å². The zero-order valence-electron chi connectivity index (χ0n) is 13.1. The predicted octanol–water partition coefficient (Wildman–Crippen LogP) is 2.31. The molecule has 0 aromatic heterocycles. The minimum Gasteiger partial charge on any atom is -0.456 e. The number of hydrogen-bond acceptors (Lipinski definition) is 6. The maximum absolute atomic E-state index is 14.6. The molecule has 0 heterocycles. The number of ether oxygens (including phenoxy) is 3. The number of carbonyl (C=O) groups is 2. The van der Waals surface area contributed by atoms with Gasteiger partial charge in [0.25, 0.3) is 0 Å². The molecule has 0 bridgehead atoms. The summed E-state index contributed by atoms with van der Waals surface area (Å²) in [4.78, 5) is 22.8. The second-order valence-electron chi connectivity index (χ2n) is 4.76. The molecule has 0 amide bonds. The van der Waals surface area contributed by atoms with Crippen molar-refractivity contribution >= 4 is 23.5 Å². The Bertz CT molecular complexity index is 556. The zero-order chi connectivity index (χ0) is 17.5. The normalized spacial score (nSPS) is 14.7. The molecule has 0 spiro atoms. The minimum atomic E-state index is -2.31. The molecule has 1 rings (SSSR count). The molecule has 2 atom stereocenters. The molecule has 1 aromatic carbocycles. The van der Waals surface area contributed by atoms with Gasteiger partial charge in [-0.25, -0.2) is 9.18 Å². The van der Waals surface area contributed by atoms with Crippen LogP contribution in [-0.4, -0.2) is 44.8 Å². The van der Waals surface area contributed by atoms with Crippen molar-refractivity contribution in [1.29, 1.82) is 0 Å². The summed E-state index contributed by atoms with van der Waals surface area (Å²) >= 11 is 5.78. The van der Waals surface area contributed by atoms with E-state index in [0.29, 0.717) is 5.02 Å². The van der Waals surface area contributed by atoms with E-state index in [1.54, 1.807) is 12.1 Å². The number of halogens is 2. The van der Waals surface area contributed by atoms with Crippen LogP contribution in [0.4, 0.5) is 4.39 Å². The summed E-state index contributed by atoms with van der Waals surface area (Å²) in [5.74, 6) is -3.61. The highest BCUT2D eigenvalue weighted by atomic mass is 35.5. The van der Waals surface area contributed by atoms with Gasteiger partial charge in [0.1, 0.15) is 0 Å². The third-order valence-electron chi connectivity index (χ3n) is 2.97. The molecule has 0 fully saturated rings. The van der Waals surface area contributed by atoms with Gasteiger partial charge in [-0.1, -0.05) is 17.7 Å². The molecule has 0 radical (unpaired) electrons. The second kappa shape index (κ2) is 8.81. The first-order valence-electron chi connectivity index (χ1n) is 6.81. The maximum atomic E-state index is 14.6. The number of hydrogen-bond donors (Lipinski definition) is 1. The molecule has 2 unspecified atom stereocenters. The van der Waals surface area contributed by atoms with Gasteiger partial charge < -0.3 is 14.2 Å². The Kier molecular flexibility index (Phi) is 7.41. The Morgan fingerprint density at radius 3 is 2.65 bits per heavy atom. The minimum absolute atomic E-state index is 0.195. The van der Waals surface area contributed by atoms with Crippen molar-refractivity contribution in [2.24, 2.45) is 0 Å². The van der Waals surface area contributed by atoms with E-state index in [2.05, 4.69) is 5.32 Å². The molecule has 0 aliphatic carbocycles. The van der Waals surface area contributed by atoms with Crippen LogP contribution in [0.25, 0.3) is 0 Å². The number of benzene rings is 1. The van der Waals surface area contributed by atoms with Crippen molar-refractivity contribution in [3.63, 3.8) is 0 Å². The lowest BCUT2D eigenvalue weighted by Gasteiger charge is -2.27. The molecule has 0 aliphatic heterocycles. The van der Waals surface area contributed by atoms with Gasteiger partial charge in [0, 0.05) is 19.1 Å². The molecular formula is C15H19ClFNO5. The number of rotatable bonds is 8. The molecule has 23 heavy (non-hydrogen) atoms. The Morgan fingerprint density at radius 2 is 2.13 bits per heavy atom. The first kappa shape index (κ1) is 19.3. The van der Waals surface area contributed by atoms with Crippen molar-refractivity contribution in [3.8, 4) is 0 Å². The van der Waals surface area contributed by atoms with Crippen LogP contribution in [0, 0.1) is 0 Å². The Hall–Kier alpha value is -1.70. The summed E-state index contributed by atoms with van der Waals surface area (Å²) in [5, 5.41) is 2.99. The Labute approximate surface area is 138 Å². The summed E-state index contributed by atoms with van der Waals surface area (Å²) in [6, 6.07) is 6.08. The molecule has 1 N–H and O–H groups in total. The third-order valence-corrected chi connectivity index (χ3v) is 3.20. The van der Waals surface area contributed by atoms with Crippen molar-refractivity contribution in [2.75, 3.05) is 20.8 Å². The highest BCUT2D eigenvalue weighted by molar-refractivity contribution is 6.30. The van der Waals surface area contributed by atoms with E-state index >= 15 is 0 Å². The average molecular weight is 348 g/mol. The molecule has 6 nitrogen and oxygen atoms in total. The van der Waals surface area contributed by atoms with E-state index in [1.807, 2.05) is 0 Å². The maximum Gasteiger partial charge on any atom is 0.338 e. The molecular weight excluding hydrogens is 329 g/mol. The molecule has 0 saturated carbocycles. The van der Waals surface area contributed by atoms with Crippen molar-refractivity contribution < 1.29 is 28.2 Å². The third kappa shape index (κ3) is 6.52. The Balaban J connectivity index is 2.66. The first-order valence-corrected chi connectivity index (χ1v) is 7.18. The van der Waals surface area contributed by atoms with Gasteiger partial charge in [0.05, 0.1) is 12.0 Å². The van der Waals surface area contributed by atoms with Gasteiger partial charge in [0.15, 0.2) is 12.8 Å². The van der Waals surface area contributed by atoms with Crippen LogP contribution in [0.2, 0.25) is 5.02 Å². The number of carbonyl (C=O) groups excluding carboxylic acids is 2. The van der Waals surface area contributed by atoms with E-state index in [9.17, 15) is 14.0 Å². The van der Waals surface area contributed by atoms with Gasteiger partial charge in [-0.15, -0.1) is 0 Å². The van der Waals surface area contributed by atoms with Crippen LogP contribution in [0.3, 0.4) is 0 Å². The monoisotopic (exact) mass is 347 g/mol. The molecule has 0 aliphatic rings. The number of nitrogens with one attached hydrogen (secondary N) is 1. The van der Waals surface area contributed by atoms with Crippen LogP contribution < -0.4 is 5.32 Å². The van der Waals surface area contributed by atoms with Crippen molar-refractivity contribution in [1.82, 2.24) is 5.32 Å². The highest BCUT2D eigenvalue weighted by Gasteiger charge is 2.35. The van der Waals surface area contributed by atoms with Crippen molar-refractivity contribution in [3.05, 3.63) is 34.9 Å². The summed E-state index contributed by atoms with van der Waals surface area (Å²) < 4.78 is 29.2. The van der Waals surface area contributed by atoms with E-state index in [0.717, 1.165) is 7.11 Å². The van der Waals surface area contributed by atoms with Crippen molar-refractivity contribution in [2.45, 2.75) is 25.4 Å². The Morgan fingerprint density at radius 1 is 1.43 bits per heavy atom. The van der Waals surface area contributed by atoms with Gasteiger partial charge in [-0.3, -0.25) is 10.1 Å². The van der Waals surface area contributed by atoms with Crippen LogP contribution in [0.15, 0.2) is 24.3 Å². The number of methoxy groups -OCH3 is 1. The largest absolute Gasteiger partial charge is 0.456 e. The summed E-state index contributed by atoms with van der Waals surface area (Å²) in [5.41, 5.74) is 0.195. The van der Waals surface area contributed by atoms with Crippen LogP contribution in [0.5, 0.6) is 0 Å². The SMILES string of the molecule is CNC(CC(F)(COC(=O)c1cccc(Cl)c1)OC)OC(C)=O.